The summed E-state index contributed by atoms with van der Waals surface area (Å²) in [6.45, 7) is 6.15. The number of nitrogens with one attached hydrogen (secondary N) is 1. The van der Waals surface area contributed by atoms with Crippen LogP contribution in [-0.4, -0.2) is 51.3 Å². The van der Waals surface area contributed by atoms with Crippen molar-refractivity contribution in [2.24, 2.45) is 0 Å². The van der Waals surface area contributed by atoms with Crippen molar-refractivity contribution in [2.75, 3.05) is 46.4 Å². The Morgan fingerprint density at radius 2 is 2.11 bits per heavy atom. The van der Waals surface area contributed by atoms with Crippen molar-refractivity contribution in [3.63, 3.8) is 0 Å². The fraction of sp³-hybridized carbons (Fsp3) is 0.571. The van der Waals surface area contributed by atoms with Gasteiger partial charge in [0.15, 0.2) is 0 Å². The second-order valence-corrected chi connectivity index (χ2v) is 4.60. The van der Waals surface area contributed by atoms with Gasteiger partial charge in [0.2, 0.25) is 0 Å². The first-order chi connectivity index (χ1) is 9.29. The fourth-order valence-electron chi connectivity index (χ4n) is 2.17. The summed E-state index contributed by atoms with van der Waals surface area (Å²) in [5.41, 5.74) is 0.753. The molecule has 0 aromatic heterocycles. The SMILES string of the molecule is COc1ccc(F)cc1COCCN1CCNCC1. The normalized spacial score (nSPS) is 16.5. The Labute approximate surface area is 113 Å². The Morgan fingerprint density at radius 1 is 1.32 bits per heavy atom. The van der Waals surface area contributed by atoms with Crippen molar-refractivity contribution < 1.29 is 13.9 Å². The third-order valence-corrected chi connectivity index (χ3v) is 3.26. The number of hydrogen-bond donors (Lipinski definition) is 1. The lowest BCUT2D eigenvalue weighted by Gasteiger charge is -2.26. The molecule has 1 heterocycles. The van der Waals surface area contributed by atoms with Crippen LogP contribution in [0.25, 0.3) is 0 Å². The lowest BCUT2D eigenvalue weighted by atomic mass is 10.2. The van der Waals surface area contributed by atoms with Crippen molar-refractivity contribution in [1.29, 1.82) is 0 Å². The molecule has 0 unspecified atom stereocenters. The molecule has 1 saturated heterocycles. The quantitative estimate of drug-likeness (QED) is 0.788. The summed E-state index contributed by atoms with van der Waals surface area (Å²) in [6.07, 6.45) is 0. The lowest BCUT2D eigenvalue weighted by molar-refractivity contribution is 0.0872. The van der Waals surface area contributed by atoms with Crippen LogP contribution in [0.5, 0.6) is 5.75 Å². The van der Waals surface area contributed by atoms with E-state index in [0.717, 1.165) is 38.3 Å². The van der Waals surface area contributed by atoms with Gasteiger partial charge >= 0.3 is 0 Å². The van der Waals surface area contributed by atoms with Crippen molar-refractivity contribution in [1.82, 2.24) is 10.2 Å². The number of halogens is 1. The minimum Gasteiger partial charge on any atom is -0.496 e. The third-order valence-electron chi connectivity index (χ3n) is 3.26. The van der Waals surface area contributed by atoms with Crippen LogP contribution in [0.3, 0.4) is 0 Å². The summed E-state index contributed by atoms with van der Waals surface area (Å²) >= 11 is 0. The third kappa shape index (κ3) is 4.45. The van der Waals surface area contributed by atoms with Crippen LogP contribution < -0.4 is 10.1 Å². The maximum absolute atomic E-state index is 13.2. The van der Waals surface area contributed by atoms with E-state index in [4.69, 9.17) is 9.47 Å². The highest BCUT2D eigenvalue weighted by atomic mass is 19.1. The van der Waals surface area contributed by atoms with E-state index in [2.05, 4.69) is 10.2 Å². The van der Waals surface area contributed by atoms with Crippen molar-refractivity contribution >= 4 is 0 Å². The van der Waals surface area contributed by atoms with Gasteiger partial charge in [-0.2, -0.15) is 0 Å². The number of rotatable bonds is 6. The largest absolute Gasteiger partial charge is 0.496 e. The van der Waals surface area contributed by atoms with Gasteiger partial charge in [-0.25, -0.2) is 4.39 Å². The van der Waals surface area contributed by atoms with Crippen LogP contribution in [0.2, 0.25) is 0 Å². The van der Waals surface area contributed by atoms with E-state index in [1.807, 2.05) is 0 Å². The van der Waals surface area contributed by atoms with E-state index in [1.54, 1.807) is 13.2 Å². The second-order valence-electron chi connectivity index (χ2n) is 4.60. The van der Waals surface area contributed by atoms with Crippen LogP contribution in [-0.2, 0) is 11.3 Å². The van der Waals surface area contributed by atoms with Gasteiger partial charge in [0, 0.05) is 38.3 Å². The van der Waals surface area contributed by atoms with E-state index in [1.165, 1.54) is 12.1 Å². The number of nitrogens with zero attached hydrogens (tertiary/aromatic N) is 1. The number of benzene rings is 1. The predicted molar refractivity (Wildman–Crippen MR) is 71.9 cm³/mol. The summed E-state index contributed by atoms with van der Waals surface area (Å²) < 4.78 is 24.0. The lowest BCUT2D eigenvalue weighted by Crippen LogP contribution is -2.44. The zero-order valence-electron chi connectivity index (χ0n) is 11.3. The smallest absolute Gasteiger partial charge is 0.124 e. The number of piperazine rings is 1. The molecule has 0 saturated carbocycles. The highest BCUT2D eigenvalue weighted by Crippen LogP contribution is 2.19. The molecule has 4 nitrogen and oxygen atoms in total. The first kappa shape index (κ1) is 14.2. The molecule has 0 atom stereocenters. The Kier molecular flexibility index (Phi) is 5.57. The predicted octanol–water partition coefficient (Wildman–Crippen LogP) is 1.26. The standard InChI is InChI=1S/C14H21FN2O2/c1-18-14-3-2-13(15)10-12(14)11-19-9-8-17-6-4-16-5-7-17/h2-3,10,16H,4-9,11H2,1H3. The first-order valence-corrected chi connectivity index (χ1v) is 6.63. The van der Waals surface area contributed by atoms with Crippen LogP contribution in [0.15, 0.2) is 18.2 Å². The molecular weight excluding hydrogens is 247 g/mol. The van der Waals surface area contributed by atoms with Gasteiger partial charge in [0.25, 0.3) is 0 Å². The maximum Gasteiger partial charge on any atom is 0.124 e. The molecule has 1 aliphatic heterocycles. The molecule has 106 valence electrons. The van der Waals surface area contributed by atoms with Crippen LogP contribution in [0.1, 0.15) is 5.56 Å². The van der Waals surface area contributed by atoms with Gasteiger partial charge in [-0.1, -0.05) is 0 Å². The van der Waals surface area contributed by atoms with E-state index >= 15 is 0 Å². The highest BCUT2D eigenvalue weighted by Gasteiger charge is 2.09. The van der Waals surface area contributed by atoms with Crippen LogP contribution in [0.4, 0.5) is 4.39 Å². The molecule has 2 rings (SSSR count). The number of ether oxygens (including phenoxy) is 2. The Morgan fingerprint density at radius 3 is 2.84 bits per heavy atom. The van der Waals surface area contributed by atoms with Gasteiger partial charge in [0.1, 0.15) is 11.6 Å². The van der Waals surface area contributed by atoms with E-state index in [9.17, 15) is 4.39 Å². The number of methoxy groups -OCH3 is 1. The monoisotopic (exact) mass is 268 g/mol. The molecule has 5 heteroatoms. The maximum atomic E-state index is 13.2. The van der Waals surface area contributed by atoms with Crippen LogP contribution >= 0.6 is 0 Å². The van der Waals surface area contributed by atoms with Gasteiger partial charge in [-0.15, -0.1) is 0 Å². The Hall–Kier alpha value is -1.17. The molecule has 0 aliphatic carbocycles. The first-order valence-electron chi connectivity index (χ1n) is 6.63. The van der Waals surface area contributed by atoms with Crippen molar-refractivity contribution in [2.45, 2.75) is 6.61 Å². The average Bonchev–Trinajstić information content (AvgIpc) is 2.45. The molecular formula is C14H21FN2O2. The molecule has 1 aromatic rings. The Balaban J connectivity index is 1.74. The molecule has 19 heavy (non-hydrogen) atoms. The zero-order valence-corrected chi connectivity index (χ0v) is 11.3. The fourth-order valence-corrected chi connectivity index (χ4v) is 2.17. The highest BCUT2D eigenvalue weighted by molar-refractivity contribution is 5.33. The molecule has 1 aliphatic rings. The second kappa shape index (κ2) is 7.43. The van der Waals surface area contributed by atoms with Crippen molar-refractivity contribution in [3.8, 4) is 5.75 Å². The molecule has 0 bridgehead atoms. The summed E-state index contributed by atoms with van der Waals surface area (Å²) in [7, 11) is 1.58. The van der Waals surface area contributed by atoms with Crippen LogP contribution in [0, 0.1) is 5.82 Å². The summed E-state index contributed by atoms with van der Waals surface area (Å²) in [6, 6.07) is 4.48. The summed E-state index contributed by atoms with van der Waals surface area (Å²) in [5, 5.41) is 3.31. The number of hydrogen-bond acceptors (Lipinski definition) is 4. The summed E-state index contributed by atoms with van der Waals surface area (Å²) in [5.74, 6) is 0.407. The van der Waals surface area contributed by atoms with Crippen molar-refractivity contribution in [3.05, 3.63) is 29.6 Å². The van der Waals surface area contributed by atoms with Gasteiger partial charge < -0.3 is 14.8 Å². The average molecular weight is 268 g/mol. The molecule has 0 spiro atoms. The van der Waals surface area contributed by atoms with E-state index in [0.29, 0.717) is 19.0 Å². The van der Waals surface area contributed by atoms with E-state index < -0.39 is 0 Å². The molecule has 1 fully saturated rings. The molecule has 1 aromatic carbocycles. The Bertz CT molecular complexity index is 395. The minimum absolute atomic E-state index is 0.262. The topological polar surface area (TPSA) is 33.7 Å². The van der Waals surface area contributed by atoms with Gasteiger partial charge in [0.05, 0.1) is 20.3 Å². The van der Waals surface area contributed by atoms with Gasteiger partial charge in [-0.3, -0.25) is 4.90 Å². The molecule has 0 amide bonds. The molecule has 0 radical (unpaired) electrons. The van der Waals surface area contributed by atoms with Gasteiger partial charge in [-0.05, 0) is 18.2 Å². The molecule has 1 N–H and O–H groups in total. The van der Waals surface area contributed by atoms with E-state index in [-0.39, 0.29) is 5.82 Å². The minimum atomic E-state index is -0.262. The summed E-state index contributed by atoms with van der Waals surface area (Å²) in [4.78, 5) is 2.36. The zero-order chi connectivity index (χ0) is 13.5.